The number of hydrogen-bond acceptors (Lipinski definition) is 5. The highest BCUT2D eigenvalue weighted by Gasteiger charge is 2.18. The maximum Gasteiger partial charge on any atom is 0.330 e. The van der Waals surface area contributed by atoms with Crippen molar-refractivity contribution in [2.24, 2.45) is 0 Å². The van der Waals surface area contributed by atoms with Crippen LogP contribution < -0.4 is 5.73 Å². The molecular weight excluding hydrogens is 376 g/mol. The van der Waals surface area contributed by atoms with E-state index in [4.69, 9.17) is 5.73 Å². The highest BCUT2D eigenvalue weighted by Crippen LogP contribution is 2.33. The topological polar surface area (TPSA) is 87.0 Å². The Morgan fingerprint density at radius 3 is 2.76 bits per heavy atom. The molecule has 2 N–H and O–H groups in total. The molecule has 90 valence electrons. The predicted octanol–water partition coefficient (Wildman–Crippen LogP) is 3.01. The molecule has 0 aliphatic heterocycles. The van der Waals surface area contributed by atoms with Gasteiger partial charge >= 0.3 is 5.69 Å². The monoisotopic (exact) mass is 380 g/mol. The van der Waals surface area contributed by atoms with Crippen LogP contribution in [0.2, 0.25) is 0 Å². The van der Waals surface area contributed by atoms with Gasteiger partial charge in [-0.1, -0.05) is 0 Å². The van der Waals surface area contributed by atoms with Crippen LogP contribution >= 0.6 is 43.2 Å². The van der Waals surface area contributed by atoms with E-state index in [1.807, 2.05) is 6.07 Å². The van der Waals surface area contributed by atoms with Crippen LogP contribution in [0.1, 0.15) is 4.88 Å². The van der Waals surface area contributed by atoms with Gasteiger partial charge in [0.25, 0.3) is 0 Å². The first-order valence-electron chi connectivity index (χ1n) is 4.38. The standard InChI is InChI=1S/C8H6Br2N4O2S/c9-5-1-4(17-7(5)10)3-13-8(11)6(2-12-13)14(15)16/h1-2H,3,11H2. The van der Waals surface area contributed by atoms with E-state index in [-0.39, 0.29) is 11.5 Å². The number of aromatic nitrogens is 2. The number of nitrogen functional groups attached to an aromatic ring is 1. The number of nitrogens with zero attached hydrogens (tertiary/aromatic N) is 3. The van der Waals surface area contributed by atoms with Gasteiger partial charge in [-0.3, -0.25) is 10.1 Å². The number of nitrogens with two attached hydrogens (primary N) is 1. The van der Waals surface area contributed by atoms with Crippen molar-refractivity contribution in [1.82, 2.24) is 9.78 Å². The third kappa shape index (κ3) is 2.50. The lowest BCUT2D eigenvalue weighted by Crippen LogP contribution is -2.05. The summed E-state index contributed by atoms with van der Waals surface area (Å²) < 4.78 is 3.31. The molecular formula is C8H6Br2N4O2S. The second-order valence-electron chi connectivity index (χ2n) is 3.16. The minimum Gasteiger partial charge on any atom is -0.378 e. The van der Waals surface area contributed by atoms with E-state index in [9.17, 15) is 10.1 Å². The Hall–Kier alpha value is -0.930. The summed E-state index contributed by atoms with van der Waals surface area (Å²) in [5.74, 6) is 0.0654. The van der Waals surface area contributed by atoms with Gasteiger partial charge in [-0.2, -0.15) is 5.10 Å². The molecule has 2 rings (SSSR count). The van der Waals surface area contributed by atoms with E-state index in [0.717, 1.165) is 19.3 Å². The van der Waals surface area contributed by atoms with Crippen LogP contribution in [-0.4, -0.2) is 14.7 Å². The van der Waals surface area contributed by atoms with Crippen molar-refractivity contribution in [1.29, 1.82) is 0 Å². The lowest BCUT2D eigenvalue weighted by molar-refractivity contribution is -0.384. The second kappa shape index (κ2) is 4.75. The minimum atomic E-state index is -0.543. The van der Waals surface area contributed by atoms with Crippen LogP contribution in [0.5, 0.6) is 0 Å². The molecule has 0 unspecified atom stereocenters. The third-order valence-corrected chi connectivity index (χ3v) is 5.30. The zero-order chi connectivity index (χ0) is 12.6. The molecule has 0 aliphatic carbocycles. The first kappa shape index (κ1) is 12.5. The average Bonchev–Trinajstić information content (AvgIpc) is 2.74. The first-order chi connectivity index (χ1) is 7.99. The molecule has 0 atom stereocenters. The smallest absolute Gasteiger partial charge is 0.330 e. The van der Waals surface area contributed by atoms with Gasteiger partial charge in [0.1, 0.15) is 6.20 Å². The average molecular weight is 382 g/mol. The molecule has 0 bridgehead atoms. The predicted molar refractivity (Wildman–Crippen MR) is 72.1 cm³/mol. The van der Waals surface area contributed by atoms with E-state index in [1.165, 1.54) is 16.0 Å². The van der Waals surface area contributed by atoms with Crippen molar-refractivity contribution < 1.29 is 4.92 Å². The summed E-state index contributed by atoms with van der Waals surface area (Å²) in [7, 11) is 0. The van der Waals surface area contributed by atoms with E-state index >= 15 is 0 Å². The fourth-order valence-electron chi connectivity index (χ4n) is 1.27. The minimum absolute atomic E-state index is 0.0654. The largest absolute Gasteiger partial charge is 0.378 e. The summed E-state index contributed by atoms with van der Waals surface area (Å²) in [6, 6.07) is 1.92. The van der Waals surface area contributed by atoms with Crippen LogP contribution in [0.25, 0.3) is 0 Å². The maximum atomic E-state index is 10.6. The molecule has 0 amide bonds. The van der Waals surface area contributed by atoms with Gasteiger partial charge < -0.3 is 5.73 Å². The number of anilines is 1. The summed E-state index contributed by atoms with van der Waals surface area (Å²) >= 11 is 8.27. The zero-order valence-electron chi connectivity index (χ0n) is 8.26. The molecule has 0 aromatic carbocycles. The normalized spacial score (nSPS) is 10.7. The summed E-state index contributed by atoms with van der Waals surface area (Å²) in [5.41, 5.74) is 5.47. The first-order valence-corrected chi connectivity index (χ1v) is 6.78. The number of thiophene rings is 1. The Bertz CT molecular complexity index is 561. The Morgan fingerprint density at radius 1 is 1.59 bits per heavy atom. The van der Waals surface area contributed by atoms with Crippen molar-refractivity contribution in [3.05, 3.63) is 35.5 Å². The van der Waals surface area contributed by atoms with Gasteiger partial charge in [-0.25, -0.2) is 4.68 Å². The highest BCUT2D eigenvalue weighted by atomic mass is 79.9. The fourth-order valence-corrected chi connectivity index (χ4v) is 3.43. The molecule has 0 fully saturated rings. The van der Waals surface area contributed by atoms with Crippen LogP contribution in [0, 0.1) is 10.1 Å². The van der Waals surface area contributed by atoms with Gasteiger partial charge in [0, 0.05) is 9.35 Å². The third-order valence-electron chi connectivity index (χ3n) is 2.06. The molecule has 17 heavy (non-hydrogen) atoms. The number of rotatable bonds is 3. The highest BCUT2D eigenvalue weighted by molar-refractivity contribution is 9.13. The van der Waals surface area contributed by atoms with Crippen molar-refractivity contribution in [2.75, 3.05) is 5.73 Å². The molecule has 6 nitrogen and oxygen atoms in total. The SMILES string of the molecule is Nc1c([N+](=O)[O-])cnn1Cc1cc(Br)c(Br)s1. The molecule has 2 aromatic rings. The van der Waals surface area contributed by atoms with E-state index in [0.29, 0.717) is 6.54 Å². The van der Waals surface area contributed by atoms with Crippen molar-refractivity contribution in [2.45, 2.75) is 6.54 Å². The molecule has 0 spiro atoms. The van der Waals surface area contributed by atoms with Gasteiger partial charge in [0.05, 0.1) is 15.3 Å². The van der Waals surface area contributed by atoms with Crippen molar-refractivity contribution >= 4 is 54.7 Å². The number of hydrogen-bond donors (Lipinski definition) is 1. The Morgan fingerprint density at radius 2 is 2.29 bits per heavy atom. The Kier molecular flexibility index (Phi) is 3.50. The summed E-state index contributed by atoms with van der Waals surface area (Å²) in [4.78, 5) is 11.1. The molecule has 0 aliphatic rings. The number of nitro groups is 1. The van der Waals surface area contributed by atoms with Gasteiger partial charge in [0.2, 0.25) is 5.82 Å². The molecule has 2 heterocycles. The maximum absolute atomic E-state index is 10.6. The quantitative estimate of drug-likeness (QED) is 0.653. The fraction of sp³-hybridized carbons (Fsp3) is 0.125. The zero-order valence-corrected chi connectivity index (χ0v) is 12.2. The Balaban J connectivity index is 2.27. The van der Waals surface area contributed by atoms with Crippen LogP contribution in [-0.2, 0) is 6.54 Å². The second-order valence-corrected chi connectivity index (χ2v) is 6.47. The van der Waals surface area contributed by atoms with E-state index in [2.05, 4.69) is 37.0 Å². The van der Waals surface area contributed by atoms with Crippen molar-refractivity contribution in [3.8, 4) is 0 Å². The van der Waals surface area contributed by atoms with Crippen LogP contribution in [0.4, 0.5) is 11.5 Å². The summed E-state index contributed by atoms with van der Waals surface area (Å²) in [5, 5.41) is 14.5. The van der Waals surface area contributed by atoms with Gasteiger partial charge in [-0.15, -0.1) is 11.3 Å². The summed E-state index contributed by atoms with van der Waals surface area (Å²) in [6.07, 6.45) is 1.16. The molecule has 0 radical (unpaired) electrons. The summed E-state index contributed by atoms with van der Waals surface area (Å²) in [6.45, 7) is 0.411. The lowest BCUT2D eigenvalue weighted by Gasteiger charge is -2.00. The van der Waals surface area contributed by atoms with E-state index < -0.39 is 4.92 Å². The van der Waals surface area contributed by atoms with Gasteiger partial charge in [-0.05, 0) is 37.9 Å². The van der Waals surface area contributed by atoms with Crippen LogP contribution in [0.15, 0.2) is 20.5 Å². The Labute approximate surface area is 117 Å². The molecule has 2 aromatic heterocycles. The number of halogens is 2. The van der Waals surface area contributed by atoms with E-state index in [1.54, 1.807) is 0 Å². The molecule has 0 saturated carbocycles. The molecule has 9 heteroatoms. The lowest BCUT2D eigenvalue weighted by atomic mass is 10.4. The van der Waals surface area contributed by atoms with Crippen LogP contribution in [0.3, 0.4) is 0 Å². The molecule has 0 saturated heterocycles. The van der Waals surface area contributed by atoms with Crippen molar-refractivity contribution in [3.63, 3.8) is 0 Å². The van der Waals surface area contributed by atoms with Gasteiger partial charge in [0.15, 0.2) is 0 Å².